The van der Waals surface area contributed by atoms with Gasteiger partial charge in [0.15, 0.2) is 12.4 Å². The minimum absolute atomic E-state index is 0.00535. The maximum absolute atomic E-state index is 12.9. The summed E-state index contributed by atoms with van der Waals surface area (Å²) in [4.78, 5) is 36.1. The highest BCUT2D eigenvalue weighted by Gasteiger charge is 2.68. The van der Waals surface area contributed by atoms with Gasteiger partial charge >= 0.3 is 5.97 Å². The lowest BCUT2D eigenvalue weighted by Crippen LogP contribution is -2.62. The number of aliphatic hydroxyl groups is 2. The highest BCUT2D eigenvalue weighted by Crippen LogP contribution is 2.67. The van der Waals surface area contributed by atoms with E-state index in [1.165, 1.54) is 6.92 Å². The molecule has 0 radical (unpaired) electrons. The third kappa shape index (κ3) is 2.79. The number of hydrogen-bond donors (Lipinski definition) is 2. The van der Waals surface area contributed by atoms with Gasteiger partial charge in [-0.1, -0.05) is 32.4 Å². The average Bonchev–Trinajstić information content (AvgIpc) is 2.93. The number of esters is 1. The molecule has 0 aliphatic heterocycles. The van der Waals surface area contributed by atoms with Crippen molar-refractivity contribution in [2.75, 3.05) is 6.61 Å². The summed E-state index contributed by atoms with van der Waals surface area (Å²) in [5, 5.41) is 22.9. The molecule has 0 unspecified atom stereocenters. The van der Waals surface area contributed by atoms with E-state index in [-0.39, 0.29) is 29.5 Å². The zero-order valence-corrected chi connectivity index (χ0v) is 18.2. The van der Waals surface area contributed by atoms with Crippen LogP contribution in [0.4, 0.5) is 0 Å². The van der Waals surface area contributed by atoms with Crippen molar-refractivity contribution in [2.45, 2.75) is 65.1 Å². The summed E-state index contributed by atoms with van der Waals surface area (Å²) in [5.74, 6) is -0.712. The Balaban J connectivity index is 1.70. The lowest BCUT2D eigenvalue weighted by atomic mass is 9.45. The normalized spacial score (nSPS) is 47.1. The number of fused-ring (bicyclic) bond motifs is 5. The fourth-order valence-corrected chi connectivity index (χ4v) is 7.50. The Morgan fingerprint density at radius 2 is 2.00 bits per heavy atom. The first-order valence-electron chi connectivity index (χ1n) is 11.0. The molecule has 8 atom stereocenters. The van der Waals surface area contributed by atoms with Crippen LogP contribution in [-0.2, 0) is 19.1 Å². The third-order valence-corrected chi connectivity index (χ3v) is 8.84. The minimum atomic E-state index is -1.61. The van der Waals surface area contributed by atoms with Gasteiger partial charge in [0.25, 0.3) is 0 Å². The van der Waals surface area contributed by atoms with Crippen LogP contribution in [0.25, 0.3) is 0 Å². The second-order valence-electron chi connectivity index (χ2n) is 10.3. The molecule has 0 spiro atoms. The van der Waals surface area contributed by atoms with Gasteiger partial charge in [0.05, 0.1) is 6.10 Å². The number of ether oxygens (including phenoxy) is 1. The van der Waals surface area contributed by atoms with Gasteiger partial charge in [-0.2, -0.15) is 0 Å². The third-order valence-electron chi connectivity index (χ3n) is 8.84. The van der Waals surface area contributed by atoms with Crippen molar-refractivity contribution in [3.8, 4) is 0 Å². The molecule has 0 bridgehead atoms. The van der Waals surface area contributed by atoms with Crippen LogP contribution < -0.4 is 0 Å². The second-order valence-corrected chi connectivity index (χ2v) is 10.3. The van der Waals surface area contributed by atoms with E-state index in [4.69, 9.17) is 4.74 Å². The molecule has 2 N–H and O–H groups in total. The molecule has 6 heteroatoms. The van der Waals surface area contributed by atoms with Crippen LogP contribution in [0.15, 0.2) is 23.8 Å². The molecule has 0 amide bonds. The van der Waals surface area contributed by atoms with Crippen LogP contribution >= 0.6 is 0 Å². The van der Waals surface area contributed by atoms with Crippen LogP contribution in [0.5, 0.6) is 0 Å². The Labute approximate surface area is 177 Å². The van der Waals surface area contributed by atoms with Crippen molar-refractivity contribution in [3.05, 3.63) is 23.8 Å². The summed E-state index contributed by atoms with van der Waals surface area (Å²) in [7, 11) is 0. The van der Waals surface area contributed by atoms with Crippen molar-refractivity contribution in [2.24, 2.45) is 34.5 Å². The Hall–Kier alpha value is -1.79. The quantitative estimate of drug-likeness (QED) is 0.685. The molecule has 3 fully saturated rings. The fraction of sp³-hybridized carbons (Fsp3) is 0.708. The largest absolute Gasteiger partial charge is 0.458 e. The van der Waals surface area contributed by atoms with E-state index in [2.05, 4.69) is 13.8 Å². The van der Waals surface area contributed by atoms with E-state index in [0.29, 0.717) is 19.3 Å². The van der Waals surface area contributed by atoms with Crippen LogP contribution in [-0.4, -0.2) is 46.1 Å². The number of ketones is 2. The molecule has 0 aromatic heterocycles. The molecule has 0 heterocycles. The van der Waals surface area contributed by atoms with Crippen LogP contribution in [0.2, 0.25) is 0 Å². The van der Waals surface area contributed by atoms with Crippen molar-refractivity contribution >= 4 is 17.5 Å². The Bertz CT molecular complexity index is 858. The van der Waals surface area contributed by atoms with Gasteiger partial charge in [-0.15, -0.1) is 0 Å². The van der Waals surface area contributed by atoms with E-state index in [9.17, 15) is 24.6 Å². The highest BCUT2D eigenvalue weighted by atomic mass is 16.5. The van der Waals surface area contributed by atoms with E-state index >= 15 is 0 Å². The average molecular weight is 417 g/mol. The van der Waals surface area contributed by atoms with Crippen molar-refractivity contribution in [3.63, 3.8) is 0 Å². The van der Waals surface area contributed by atoms with Gasteiger partial charge in [0.1, 0.15) is 5.60 Å². The van der Waals surface area contributed by atoms with Crippen LogP contribution in [0.1, 0.15) is 53.4 Å². The maximum atomic E-state index is 12.9. The molecule has 4 aliphatic carbocycles. The predicted molar refractivity (Wildman–Crippen MR) is 109 cm³/mol. The molecule has 164 valence electrons. The molecule has 3 saturated carbocycles. The number of Topliss-reactive ketones (excluding diaryl/α,β-unsaturated/α-hetero) is 1. The van der Waals surface area contributed by atoms with Gasteiger partial charge < -0.3 is 14.9 Å². The van der Waals surface area contributed by atoms with Gasteiger partial charge in [0, 0.05) is 23.7 Å². The number of rotatable bonds is 3. The smallest absolute Gasteiger partial charge is 0.303 e. The molecule has 0 aromatic rings. The molecule has 30 heavy (non-hydrogen) atoms. The lowest BCUT2D eigenvalue weighted by Gasteiger charge is -2.60. The minimum Gasteiger partial charge on any atom is -0.458 e. The van der Waals surface area contributed by atoms with Crippen molar-refractivity contribution in [1.29, 1.82) is 0 Å². The Morgan fingerprint density at radius 1 is 1.30 bits per heavy atom. The molecular weight excluding hydrogens is 384 g/mol. The SMILES string of the molecule is CC(=O)OCC(=O)[C@]1(O)CC[C@H]2[C@@H]3C[C@@H](C)C4=CC(=O)C=C[C@]4(C)[C@H]3[C@@H](O)C[C@@]21C. The topological polar surface area (TPSA) is 101 Å². The van der Waals surface area contributed by atoms with Gasteiger partial charge in [-0.25, -0.2) is 0 Å². The first-order chi connectivity index (χ1) is 13.9. The summed E-state index contributed by atoms with van der Waals surface area (Å²) in [6.45, 7) is 6.94. The fourth-order valence-electron chi connectivity index (χ4n) is 7.50. The maximum Gasteiger partial charge on any atom is 0.303 e. The number of allylic oxidation sites excluding steroid dienone is 4. The van der Waals surface area contributed by atoms with Crippen molar-refractivity contribution in [1.82, 2.24) is 0 Å². The molecule has 0 aromatic carbocycles. The van der Waals surface area contributed by atoms with E-state index in [0.717, 1.165) is 12.0 Å². The van der Waals surface area contributed by atoms with Crippen LogP contribution in [0, 0.1) is 34.5 Å². The molecular formula is C24H32O6. The zero-order chi connectivity index (χ0) is 22.1. The summed E-state index contributed by atoms with van der Waals surface area (Å²) in [6, 6.07) is 0. The second kappa shape index (κ2) is 6.86. The van der Waals surface area contributed by atoms with Gasteiger partial charge in [-0.3, -0.25) is 14.4 Å². The molecule has 0 saturated heterocycles. The molecule has 4 rings (SSSR count). The lowest BCUT2D eigenvalue weighted by molar-refractivity contribution is -0.182. The van der Waals surface area contributed by atoms with E-state index in [1.54, 1.807) is 12.2 Å². The zero-order valence-electron chi connectivity index (χ0n) is 18.2. The Morgan fingerprint density at radius 3 is 2.67 bits per heavy atom. The molecule has 4 aliphatic rings. The standard InChI is InChI=1S/C24H32O6/c1-13-9-16-17-6-8-24(29,20(28)12-30-14(2)25)23(17,4)11-19(27)21(16)22(3)7-5-15(26)10-18(13)22/h5,7,10,13,16-17,19,21,27,29H,6,8-9,11-12H2,1-4H3/t13-,16+,17+,19+,21-,22+,23+,24-/m1/s1. The summed E-state index contributed by atoms with van der Waals surface area (Å²) < 4.78 is 4.89. The highest BCUT2D eigenvalue weighted by molar-refractivity contribution is 6.01. The predicted octanol–water partition coefficient (Wildman–Crippen LogP) is 2.37. The van der Waals surface area contributed by atoms with E-state index in [1.807, 2.05) is 13.0 Å². The monoisotopic (exact) mass is 416 g/mol. The summed E-state index contributed by atoms with van der Waals surface area (Å²) >= 11 is 0. The number of carbonyl (C=O) groups is 3. The summed E-state index contributed by atoms with van der Waals surface area (Å²) in [5.41, 5.74) is -1.72. The Kier molecular flexibility index (Phi) is 4.90. The van der Waals surface area contributed by atoms with Crippen LogP contribution in [0.3, 0.4) is 0 Å². The number of carbonyl (C=O) groups excluding carboxylic acids is 3. The molecule has 6 nitrogen and oxygen atoms in total. The first kappa shape index (κ1) is 21.4. The van der Waals surface area contributed by atoms with Gasteiger partial charge in [0.2, 0.25) is 5.78 Å². The first-order valence-corrected chi connectivity index (χ1v) is 11.0. The van der Waals surface area contributed by atoms with Crippen molar-refractivity contribution < 1.29 is 29.3 Å². The number of aliphatic hydroxyl groups excluding tert-OH is 1. The summed E-state index contributed by atoms with van der Waals surface area (Å²) in [6.07, 6.45) is 6.71. The van der Waals surface area contributed by atoms with E-state index < -0.39 is 40.9 Å². The van der Waals surface area contributed by atoms with Gasteiger partial charge in [-0.05, 0) is 55.6 Å². The number of hydrogen-bond acceptors (Lipinski definition) is 6.